The number of amides is 3. The van der Waals surface area contributed by atoms with Crippen molar-refractivity contribution in [1.29, 1.82) is 0 Å². The third kappa shape index (κ3) is 2.40. The predicted molar refractivity (Wildman–Crippen MR) is 93.7 cm³/mol. The zero-order valence-corrected chi connectivity index (χ0v) is 14.9. The Morgan fingerprint density at radius 2 is 1.68 bits per heavy atom. The molecular weight excluding hydrogens is 316 g/mol. The minimum absolute atomic E-state index is 0.134. The Morgan fingerprint density at radius 1 is 1.08 bits per heavy atom. The maximum atomic E-state index is 12.8. The summed E-state index contributed by atoms with van der Waals surface area (Å²) in [4.78, 5) is 39.5. The molecule has 5 nitrogen and oxygen atoms in total. The van der Waals surface area contributed by atoms with Crippen molar-refractivity contribution in [3.05, 3.63) is 29.3 Å². The summed E-state index contributed by atoms with van der Waals surface area (Å²) in [6, 6.07) is 4.92. The molecule has 0 spiro atoms. The summed E-state index contributed by atoms with van der Waals surface area (Å²) in [6.45, 7) is 5.65. The van der Waals surface area contributed by atoms with Crippen LogP contribution in [0.25, 0.3) is 0 Å². The summed E-state index contributed by atoms with van der Waals surface area (Å²) in [7, 11) is 0. The van der Waals surface area contributed by atoms with Gasteiger partial charge in [-0.2, -0.15) is 0 Å². The van der Waals surface area contributed by atoms with Crippen LogP contribution in [0.15, 0.2) is 18.2 Å². The number of imide groups is 1. The molecule has 3 fully saturated rings. The van der Waals surface area contributed by atoms with E-state index in [4.69, 9.17) is 0 Å². The first-order valence-corrected chi connectivity index (χ1v) is 9.13. The molecule has 2 saturated carbocycles. The minimum atomic E-state index is -0.772. The number of benzene rings is 1. The van der Waals surface area contributed by atoms with Gasteiger partial charge in [0.1, 0.15) is 6.04 Å². The summed E-state index contributed by atoms with van der Waals surface area (Å²) < 4.78 is 0. The smallest absolute Gasteiger partial charge is 0.247 e. The van der Waals surface area contributed by atoms with E-state index in [0.717, 1.165) is 30.4 Å². The molecule has 5 atom stereocenters. The molecule has 0 unspecified atom stereocenters. The summed E-state index contributed by atoms with van der Waals surface area (Å²) in [6.07, 6.45) is 3.09. The topological polar surface area (TPSA) is 66.5 Å². The molecule has 1 heterocycles. The van der Waals surface area contributed by atoms with Gasteiger partial charge in [-0.25, -0.2) is 0 Å². The van der Waals surface area contributed by atoms with Crippen LogP contribution in [0, 0.1) is 37.5 Å². The number of rotatable bonds is 3. The molecule has 2 bridgehead atoms. The first-order valence-electron chi connectivity index (χ1n) is 9.13. The number of nitrogens with one attached hydrogen (secondary N) is 1. The lowest BCUT2D eigenvalue weighted by molar-refractivity contribution is -0.146. The van der Waals surface area contributed by atoms with E-state index in [-0.39, 0.29) is 29.6 Å². The van der Waals surface area contributed by atoms with E-state index < -0.39 is 6.04 Å². The van der Waals surface area contributed by atoms with Crippen molar-refractivity contribution in [3.63, 3.8) is 0 Å². The molecule has 0 radical (unpaired) electrons. The number of nitrogens with zero attached hydrogens (tertiary/aromatic N) is 1. The number of fused-ring (bicyclic) bond motifs is 5. The van der Waals surface area contributed by atoms with Crippen LogP contribution in [0.4, 0.5) is 5.69 Å². The molecular formula is C20H24N2O3. The van der Waals surface area contributed by atoms with Gasteiger partial charge in [-0.1, -0.05) is 6.07 Å². The third-order valence-corrected chi connectivity index (χ3v) is 6.50. The van der Waals surface area contributed by atoms with Crippen LogP contribution in [0.3, 0.4) is 0 Å². The Morgan fingerprint density at radius 3 is 2.24 bits per heavy atom. The SMILES string of the molecule is Cc1ccc(NC(=O)[C@H](C)N2C(=O)[C@H]3[C@H]4CC[C@@H](C4)[C@@H]3C2=O)cc1C. The maximum Gasteiger partial charge on any atom is 0.247 e. The maximum absolute atomic E-state index is 12.8. The van der Waals surface area contributed by atoms with Crippen LogP contribution in [-0.2, 0) is 14.4 Å². The fourth-order valence-corrected chi connectivity index (χ4v) is 5.00. The Hall–Kier alpha value is -2.17. The Labute approximate surface area is 147 Å². The van der Waals surface area contributed by atoms with Crippen LogP contribution in [0.1, 0.15) is 37.3 Å². The molecule has 3 amide bonds. The van der Waals surface area contributed by atoms with Crippen molar-refractivity contribution in [1.82, 2.24) is 4.90 Å². The monoisotopic (exact) mass is 340 g/mol. The molecule has 132 valence electrons. The van der Waals surface area contributed by atoms with Crippen LogP contribution >= 0.6 is 0 Å². The number of likely N-dealkylation sites (tertiary alicyclic amines) is 1. The summed E-state index contributed by atoms with van der Waals surface area (Å²) >= 11 is 0. The number of hydrogen-bond acceptors (Lipinski definition) is 3. The molecule has 1 aromatic carbocycles. The number of carbonyl (C=O) groups excluding carboxylic acids is 3. The van der Waals surface area contributed by atoms with Crippen molar-refractivity contribution in [2.45, 2.75) is 46.1 Å². The van der Waals surface area contributed by atoms with E-state index in [2.05, 4.69) is 5.32 Å². The highest BCUT2D eigenvalue weighted by Crippen LogP contribution is 2.56. The summed E-state index contributed by atoms with van der Waals surface area (Å²) in [5, 5.41) is 2.85. The second-order valence-electron chi connectivity index (χ2n) is 7.90. The van der Waals surface area contributed by atoms with Gasteiger partial charge in [-0.3, -0.25) is 19.3 Å². The molecule has 0 aromatic heterocycles. The largest absolute Gasteiger partial charge is 0.324 e. The minimum Gasteiger partial charge on any atom is -0.324 e. The first-order chi connectivity index (χ1) is 11.9. The number of hydrogen-bond donors (Lipinski definition) is 1. The number of aryl methyl sites for hydroxylation is 2. The van der Waals surface area contributed by atoms with Gasteiger partial charge in [-0.05, 0) is 75.1 Å². The van der Waals surface area contributed by atoms with Gasteiger partial charge in [0.15, 0.2) is 0 Å². The average molecular weight is 340 g/mol. The normalized spacial score (nSPS) is 31.4. The van der Waals surface area contributed by atoms with Crippen LogP contribution in [0.5, 0.6) is 0 Å². The second-order valence-corrected chi connectivity index (χ2v) is 7.90. The Kier molecular flexibility index (Phi) is 3.71. The predicted octanol–water partition coefficient (Wildman–Crippen LogP) is 2.66. The zero-order valence-electron chi connectivity index (χ0n) is 14.9. The second kappa shape index (κ2) is 5.68. The molecule has 5 heteroatoms. The zero-order chi connectivity index (χ0) is 17.9. The number of anilines is 1. The molecule has 1 aliphatic heterocycles. The standard InChI is InChI=1S/C20H24N2O3/c1-10-4-7-15(8-11(10)2)21-18(23)12(3)22-19(24)16-13-5-6-14(9-13)17(16)20(22)25/h4,7-8,12-14,16-17H,5-6,9H2,1-3H3,(H,21,23)/t12-,13-,14-,16-,17-/m0/s1. The van der Waals surface area contributed by atoms with E-state index >= 15 is 0 Å². The molecule has 4 rings (SSSR count). The highest BCUT2D eigenvalue weighted by atomic mass is 16.2. The van der Waals surface area contributed by atoms with Crippen LogP contribution < -0.4 is 5.32 Å². The molecule has 1 aromatic rings. The quantitative estimate of drug-likeness (QED) is 0.860. The van der Waals surface area contributed by atoms with Gasteiger partial charge in [0.25, 0.3) is 0 Å². The lowest BCUT2D eigenvalue weighted by Gasteiger charge is -2.24. The van der Waals surface area contributed by atoms with Crippen molar-refractivity contribution in [2.75, 3.05) is 5.32 Å². The van der Waals surface area contributed by atoms with Crippen molar-refractivity contribution < 1.29 is 14.4 Å². The first kappa shape index (κ1) is 16.3. The van der Waals surface area contributed by atoms with Crippen LogP contribution in [0.2, 0.25) is 0 Å². The lowest BCUT2D eigenvalue weighted by atomic mass is 9.81. The van der Waals surface area contributed by atoms with Crippen molar-refractivity contribution in [3.8, 4) is 0 Å². The van der Waals surface area contributed by atoms with Gasteiger partial charge >= 0.3 is 0 Å². The van der Waals surface area contributed by atoms with E-state index in [0.29, 0.717) is 17.5 Å². The van der Waals surface area contributed by atoms with E-state index in [9.17, 15) is 14.4 Å². The molecule has 1 saturated heterocycles. The fraction of sp³-hybridized carbons (Fsp3) is 0.550. The van der Waals surface area contributed by atoms with Crippen LogP contribution in [-0.4, -0.2) is 28.7 Å². The van der Waals surface area contributed by atoms with Crippen molar-refractivity contribution >= 4 is 23.4 Å². The van der Waals surface area contributed by atoms with Crippen molar-refractivity contribution in [2.24, 2.45) is 23.7 Å². The summed E-state index contributed by atoms with van der Waals surface area (Å²) in [5.41, 5.74) is 2.93. The third-order valence-electron chi connectivity index (χ3n) is 6.50. The Bertz CT molecular complexity index is 744. The molecule has 2 aliphatic carbocycles. The lowest BCUT2D eigenvalue weighted by Crippen LogP contribution is -2.46. The van der Waals surface area contributed by atoms with Gasteiger partial charge in [0.2, 0.25) is 17.7 Å². The summed E-state index contributed by atoms with van der Waals surface area (Å²) in [5.74, 6) is -0.253. The van der Waals surface area contributed by atoms with E-state index in [1.165, 1.54) is 4.90 Å². The fourth-order valence-electron chi connectivity index (χ4n) is 5.00. The molecule has 1 N–H and O–H groups in total. The average Bonchev–Trinajstić information content (AvgIpc) is 3.24. The van der Waals surface area contributed by atoms with Gasteiger partial charge in [0.05, 0.1) is 11.8 Å². The van der Waals surface area contributed by atoms with Gasteiger partial charge in [-0.15, -0.1) is 0 Å². The molecule has 3 aliphatic rings. The van der Waals surface area contributed by atoms with Gasteiger partial charge in [0, 0.05) is 5.69 Å². The van der Waals surface area contributed by atoms with E-state index in [1.54, 1.807) is 6.92 Å². The van der Waals surface area contributed by atoms with Gasteiger partial charge < -0.3 is 5.32 Å². The van der Waals surface area contributed by atoms with E-state index in [1.807, 2.05) is 32.0 Å². The highest BCUT2D eigenvalue weighted by molar-refractivity contribution is 6.10. The molecule has 25 heavy (non-hydrogen) atoms. The number of carbonyl (C=O) groups is 3. The Balaban J connectivity index is 1.51. The highest BCUT2D eigenvalue weighted by Gasteiger charge is 2.62.